The second kappa shape index (κ2) is 5.47. The van der Waals surface area contributed by atoms with Crippen molar-refractivity contribution < 1.29 is 0 Å². The highest BCUT2D eigenvalue weighted by atomic mass is 32.1. The number of imidazole rings is 1. The highest BCUT2D eigenvalue weighted by Gasteiger charge is 2.26. The molecule has 2 aromatic heterocycles. The van der Waals surface area contributed by atoms with Crippen LogP contribution in [0.2, 0.25) is 0 Å². The lowest BCUT2D eigenvalue weighted by atomic mass is 10.0. The Hall–Kier alpha value is -0.910. The van der Waals surface area contributed by atoms with Gasteiger partial charge in [0.05, 0.1) is 5.69 Å². The Kier molecular flexibility index (Phi) is 3.50. The van der Waals surface area contributed by atoms with Crippen molar-refractivity contribution in [2.75, 3.05) is 13.1 Å². The molecule has 5 heteroatoms. The zero-order valence-electron chi connectivity index (χ0n) is 11.8. The quantitative estimate of drug-likeness (QED) is 0.918. The summed E-state index contributed by atoms with van der Waals surface area (Å²) in [5.41, 5.74) is 1.22. The van der Waals surface area contributed by atoms with Crippen molar-refractivity contribution in [2.24, 2.45) is 0 Å². The summed E-state index contributed by atoms with van der Waals surface area (Å²) in [6, 6.07) is 1.51. The van der Waals surface area contributed by atoms with Crippen molar-refractivity contribution in [3.8, 4) is 0 Å². The van der Waals surface area contributed by atoms with Crippen LogP contribution in [0.3, 0.4) is 0 Å². The number of rotatable bonds is 5. The molecule has 1 aliphatic carbocycles. The van der Waals surface area contributed by atoms with Gasteiger partial charge in [0, 0.05) is 42.9 Å². The Balaban J connectivity index is 1.42. The van der Waals surface area contributed by atoms with Crippen LogP contribution in [0.25, 0.3) is 4.96 Å². The fourth-order valence-corrected chi connectivity index (χ4v) is 3.87. The number of nitrogens with zero attached hydrogens (tertiary/aromatic N) is 3. The molecular weight excluding hydrogens is 268 g/mol. The van der Waals surface area contributed by atoms with E-state index < -0.39 is 0 Å². The maximum atomic E-state index is 4.73. The summed E-state index contributed by atoms with van der Waals surface area (Å²) >= 11 is 1.71. The highest BCUT2D eigenvalue weighted by molar-refractivity contribution is 7.15. The van der Waals surface area contributed by atoms with Crippen molar-refractivity contribution >= 4 is 16.3 Å². The second-order valence-corrected chi connectivity index (χ2v) is 7.00. The van der Waals surface area contributed by atoms with Crippen LogP contribution in [0, 0.1) is 0 Å². The summed E-state index contributed by atoms with van der Waals surface area (Å²) in [4.78, 5) is 8.47. The minimum atomic E-state index is 0.698. The minimum absolute atomic E-state index is 0.698. The lowest BCUT2D eigenvalue weighted by Gasteiger charge is -2.35. The van der Waals surface area contributed by atoms with Crippen LogP contribution in [0.4, 0.5) is 0 Å². The summed E-state index contributed by atoms with van der Waals surface area (Å²) in [6.07, 6.45) is 11.1. The molecule has 1 saturated carbocycles. The number of likely N-dealkylation sites (tertiary alicyclic amines) is 1. The standard InChI is InChI=1S/C15H22N4S/c1-2-6-18(14(3-1)9-16-12-4-5-12)10-13-11-19-7-8-20-15(19)17-13/h7-8,11-12,14,16H,1-6,9-10H2. The smallest absolute Gasteiger partial charge is 0.193 e. The summed E-state index contributed by atoms with van der Waals surface area (Å²) in [5.74, 6) is 0. The first-order valence-corrected chi connectivity index (χ1v) is 8.65. The van der Waals surface area contributed by atoms with Gasteiger partial charge in [-0.1, -0.05) is 6.42 Å². The van der Waals surface area contributed by atoms with E-state index in [1.165, 1.54) is 44.3 Å². The molecule has 1 unspecified atom stereocenters. The maximum absolute atomic E-state index is 4.73. The largest absolute Gasteiger partial charge is 0.312 e. The van der Waals surface area contributed by atoms with Gasteiger partial charge in [-0.25, -0.2) is 4.98 Å². The summed E-state index contributed by atoms with van der Waals surface area (Å²) in [6.45, 7) is 3.39. The molecule has 4 nitrogen and oxygen atoms in total. The van der Waals surface area contributed by atoms with Gasteiger partial charge < -0.3 is 5.32 Å². The highest BCUT2D eigenvalue weighted by Crippen LogP contribution is 2.23. The van der Waals surface area contributed by atoms with Gasteiger partial charge in [0.25, 0.3) is 0 Å². The van der Waals surface area contributed by atoms with Crippen LogP contribution in [0.5, 0.6) is 0 Å². The first-order chi connectivity index (χ1) is 9.88. The van der Waals surface area contributed by atoms with Gasteiger partial charge in [0.1, 0.15) is 0 Å². The molecule has 20 heavy (non-hydrogen) atoms. The molecule has 4 rings (SSSR count). The number of hydrogen-bond donors (Lipinski definition) is 1. The molecule has 0 radical (unpaired) electrons. The van der Waals surface area contributed by atoms with Gasteiger partial charge >= 0.3 is 0 Å². The number of aromatic nitrogens is 2. The van der Waals surface area contributed by atoms with Crippen molar-refractivity contribution in [1.29, 1.82) is 0 Å². The number of piperidine rings is 1. The number of thiazole rings is 1. The topological polar surface area (TPSA) is 32.6 Å². The molecular formula is C15H22N4S. The molecule has 2 aliphatic rings. The zero-order chi connectivity index (χ0) is 13.4. The van der Waals surface area contributed by atoms with E-state index in [0.717, 1.165) is 24.1 Å². The van der Waals surface area contributed by atoms with Crippen LogP contribution < -0.4 is 5.32 Å². The van der Waals surface area contributed by atoms with Crippen LogP contribution in [-0.4, -0.2) is 39.5 Å². The molecule has 0 spiro atoms. The van der Waals surface area contributed by atoms with Gasteiger partial charge in [-0.05, 0) is 32.2 Å². The van der Waals surface area contributed by atoms with Gasteiger partial charge in [0.15, 0.2) is 4.96 Å². The molecule has 0 amide bonds. The van der Waals surface area contributed by atoms with E-state index in [0.29, 0.717) is 6.04 Å². The number of nitrogens with one attached hydrogen (secondary N) is 1. The van der Waals surface area contributed by atoms with E-state index in [9.17, 15) is 0 Å². The Morgan fingerprint density at radius 1 is 1.30 bits per heavy atom. The van der Waals surface area contributed by atoms with Crippen molar-refractivity contribution in [3.05, 3.63) is 23.5 Å². The lowest BCUT2D eigenvalue weighted by Crippen LogP contribution is -2.45. The SMILES string of the molecule is c1cn2cc(CN3CCCCC3CNC3CC3)nc2s1. The van der Waals surface area contributed by atoms with E-state index in [1.807, 2.05) is 0 Å². The number of fused-ring (bicyclic) bond motifs is 1. The Morgan fingerprint density at radius 3 is 3.10 bits per heavy atom. The third-order valence-corrected chi connectivity index (χ3v) is 5.25. The van der Waals surface area contributed by atoms with E-state index in [-0.39, 0.29) is 0 Å². The molecule has 1 atom stereocenters. The van der Waals surface area contributed by atoms with Gasteiger partial charge in [-0.15, -0.1) is 11.3 Å². The maximum Gasteiger partial charge on any atom is 0.193 e. The van der Waals surface area contributed by atoms with E-state index >= 15 is 0 Å². The average Bonchev–Trinajstić information content (AvgIpc) is 3.06. The van der Waals surface area contributed by atoms with Crippen LogP contribution in [0.15, 0.2) is 17.8 Å². The fourth-order valence-electron chi connectivity index (χ4n) is 3.15. The first-order valence-electron chi connectivity index (χ1n) is 7.77. The third-order valence-electron chi connectivity index (χ3n) is 4.48. The van der Waals surface area contributed by atoms with Gasteiger partial charge in [-0.3, -0.25) is 9.30 Å². The van der Waals surface area contributed by atoms with Gasteiger partial charge in [-0.2, -0.15) is 0 Å². The van der Waals surface area contributed by atoms with Crippen LogP contribution in [-0.2, 0) is 6.54 Å². The Labute approximate surface area is 123 Å². The molecule has 0 bridgehead atoms. The molecule has 1 N–H and O–H groups in total. The first kappa shape index (κ1) is 12.8. The molecule has 108 valence electrons. The molecule has 1 aliphatic heterocycles. The fraction of sp³-hybridized carbons (Fsp3) is 0.667. The average molecular weight is 290 g/mol. The van der Waals surface area contributed by atoms with Crippen LogP contribution in [0.1, 0.15) is 37.8 Å². The minimum Gasteiger partial charge on any atom is -0.312 e. The lowest BCUT2D eigenvalue weighted by molar-refractivity contribution is 0.136. The molecule has 3 heterocycles. The zero-order valence-corrected chi connectivity index (χ0v) is 12.6. The predicted molar refractivity (Wildman–Crippen MR) is 82.1 cm³/mol. The van der Waals surface area contributed by atoms with E-state index in [2.05, 4.69) is 32.4 Å². The Morgan fingerprint density at radius 2 is 2.25 bits per heavy atom. The predicted octanol–water partition coefficient (Wildman–Crippen LogP) is 2.50. The summed E-state index contributed by atoms with van der Waals surface area (Å²) < 4.78 is 2.14. The Bertz CT molecular complexity index is 543. The monoisotopic (exact) mass is 290 g/mol. The van der Waals surface area contributed by atoms with E-state index in [4.69, 9.17) is 4.98 Å². The molecule has 2 aromatic rings. The summed E-state index contributed by atoms with van der Waals surface area (Å²) in [5, 5.41) is 5.79. The second-order valence-electron chi connectivity index (χ2n) is 6.13. The van der Waals surface area contributed by atoms with Crippen molar-refractivity contribution in [3.63, 3.8) is 0 Å². The van der Waals surface area contributed by atoms with Gasteiger partial charge in [0.2, 0.25) is 0 Å². The van der Waals surface area contributed by atoms with E-state index in [1.54, 1.807) is 11.3 Å². The van der Waals surface area contributed by atoms with Crippen molar-refractivity contribution in [2.45, 2.75) is 50.7 Å². The molecule has 0 aromatic carbocycles. The molecule has 1 saturated heterocycles. The molecule has 2 fully saturated rings. The van der Waals surface area contributed by atoms with Crippen LogP contribution >= 0.6 is 11.3 Å². The summed E-state index contributed by atoms with van der Waals surface area (Å²) in [7, 11) is 0. The number of hydrogen-bond acceptors (Lipinski definition) is 4. The normalized spacial score (nSPS) is 24.5. The third kappa shape index (κ3) is 2.75. The van der Waals surface area contributed by atoms with Crippen molar-refractivity contribution in [1.82, 2.24) is 19.6 Å².